The largest absolute Gasteiger partial charge is 0.331 e. The minimum atomic E-state index is -0.0533. The van der Waals surface area contributed by atoms with Gasteiger partial charge >= 0.3 is 0 Å². The van der Waals surface area contributed by atoms with Crippen LogP contribution in [0, 0.1) is 0 Å². The summed E-state index contributed by atoms with van der Waals surface area (Å²) in [6, 6.07) is 1.68. The summed E-state index contributed by atoms with van der Waals surface area (Å²) in [5.41, 5.74) is 1.63. The van der Waals surface area contributed by atoms with Gasteiger partial charge in [-0.2, -0.15) is 0 Å². The fourth-order valence-corrected chi connectivity index (χ4v) is 2.37. The smallest absolute Gasteiger partial charge is 0.254 e. The van der Waals surface area contributed by atoms with Gasteiger partial charge in [-0.05, 0) is 6.07 Å². The van der Waals surface area contributed by atoms with Gasteiger partial charge in [0.25, 0.3) is 5.91 Å². The molecule has 0 aromatic carbocycles. The van der Waals surface area contributed by atoms with Crippen LogP contribution in [0.1, 0.15) is 34.8 Å². The normalized spacial score (nSPS) is 24.0. The monoisotopic (exact) mass is 202 g/mol. The Morgan fingerprint density at radius 1 is 1.40 bits per heavy atom. The van der Waals surface area contributed by atoms with Crippen molar-refractivity contribution in [2.45, 2.75) is 18.9 Å². The van der Waals surface area contributed by atoms with Crippen molar-refractivity contribution in [2.75, 3.05) is 6.54 Å². The molecule has 1 amide bonds. The molecule has 0 spiro atoms. The number of fused-ring (bicyclic) bond motifs is 3. The number of hydrogen-bond donors (Lipinski definition) is 0. The first kappa shape index (κ1) is 8.59. The van der Waals surface area contributed by atoms with E-state index in [4.69, 9.17) is 0 Å². The summed E-state index contributed by atoms with van der Waals surface area (Å²) >= 11 is 0. The molecule has 0 bridgehead atoms. The standard InChI is InChI=1S/C11H10N2O2/c14-7-2-4-13-10(5-7)9-6-12-3-1-8(9)11(13)15/h1,3,6,10H,2,4-5H2. The lowest BCUT2D eigenvalue weighted by Gasteiger charge is -2.28. The number of carbonyl (C=O) groups is 2. The molecule has 76 valence electrons. The van der Waals surface area contributed by atoms with Crippen molar-refractivity contribution in [3.05, 3.63) is 29.6 Å². The molecule has 2 aliphatic rings. The van der Waals surface area contributed by atoms with Crippen molar-refractivity contribution >= 4 is 11.7 Å². The van der Waals surface area contributed by atoms with E-state index in [2.05, 4.69) is 4.98 Å². The van der Waals surface area contributed by atoms with Crippen molar-refractivity contribution in [3.63, 3.8) is 0 Å². The second kappa shape index (κ2) is 2.89. The van der Waals surface area contributed by atoms with Crippen LogP contribution in [0.25, 0.3) is 0 Å². The summed E-state index contributed by atoms with van der Waals surface area (Å²) in [6.07, 6.45) is 4.27. The van der Waals surface area contributed by atoms with Crippen LogP contribution in [0.5, 0.6) is 0 Å². The van der Waals surface area contributed by atoms with Gasteiger partial charge in [0.1, 0.15) is 5.78 Å². The van der Waals surface area contributed by atoms with Gasteiger partial charge in [-0.3, -0.25) is 14.6 Å². The maximum absolute atomic E-state index is 11.9. The number of ketones is 1. The van der Waals surface area contributed by atoms with Gasteiger partial charge in [0.2, 0.25) is 0 Å². The van der Waals surface area contributed by atoms with E-state index in [1.807, 2.05) is 0 Å². The van der Waals surface area contributed by atoms with Crippen LogP contribution >= 0.6 is 0 Å². The minimum Gasteiger partial charge on any atom is -0.331 e. The SMILES string of the molecule is O=C1CCN2C(=O)c3ccncc3C2C1. The Labute approximate surface area is 86.9 Å². The number of rotatable bonds is 0. The zero-order valence-corrected chi connectivity index (χ0v) is 8.14. The fourth-order valence-electron chi connectivity index (χ4n) is 2.37. The van der Waals surface area contributed by atoms with Crippen molar-refractivity contribution in [1.82, 2.24) is 9.88 Å². The lowest BCUT2D eigenvalue weighted by Crippen LogP contribution is -2.35. The highest BCUT2D eigenvalue weighted by Crippen LogP contribution is 2.37. The van der Waals surface area contributed by atoms with Crippen LogP contribution in [-0.2, 0) is 4.79 Å². The number of Topliss-reactive ketones (excluding diaryl/α,β-unsaturated/α-hetero) is 1. The van der Waals surface area contributed by atoms with Gasteiger partial charge in [-0.15, -0.1) is 0 Å². The molecule has 1 atom stereocenters. The maximum atomic E-state index is 11.9. The third-order valence-corrected chi connectivity index (χ3v) is 3.13. The van der Waals surface area contributed by atoms with E-state index in [0.717, 1.165) is 5.56 Å². The molecule has 3 rings (SSSR count). The molecule has 3 heterocycles. The first-order valence-electron chi connectivity index (χ1n) is 5.04. The van der Waals surface area contributed by atoms with E-state index in [9.17, 15) is 9.59 Å². The summed E-state index contributed by atoms with van der Waals surface area (Å²) in [7, 11) is 0. The summed E-state index contributed by atoms with van der Waals surface area (Å²) in [6.45, 7) is 0.553. The average molecular weight is 202 g/mol. The van der Waals surface area contributed by atoms with E-state index >= 15 is 0 Å². The lowest BCUT2D eigenvalue weighted by molar-refractivity contribution is -0.122. The molecule has 1 aromatic rings. The Hall–Kier alpha value is -1.71. The van der Waals surface area contributed by atoms with E-state index in [-0.39, 0.29) is 17.7 Å². The first-order valence-corrected chi connectivity index (χ1v) is 5.04. The second-order valence-electron chi connectivity index (χ2n) is 3.97. The van der Waals surface area contributed by atoms with Gasteiger partial charge in [-0.1, -0.05) is 0 Å². The number of hydrogen-bond acceptors (Lipinski definition) is 3. The van der Waals surface area contributed by atoms with Crippen molar-refractivity contribution < 1.29 is 9.59 Å². The molecule has 4 heteroatoms. The molecule has 15 heavy (non-hydrogen) atoms. The van der Waals surface area contributed by atoms with Gasteiger partial charge in [-0.25, -0.2) is 0 Å². The number of pyridine rings is 1. The molecular formula is C11H10N2O2. The number of aromatic nitrogens is 1. The molecule has 1 unspecified atom stereocenters. The third kappa shape index (κ3) is 1.11. The summed E-state index contributed by atoms with van der Waals surface area (Å²) in [5.74, 6) is 0.283. The average Bonchev–Trinajstić information content (AvgIpc) is 2.54. The number of piperidine rings is 1. The molecule has 2 aliphatic heterocycles. The highest BCUT2D eigenvalue weighted by Gasteiger charge is 2.40. The molecule has 0 radical (unpaired) electrons. The van der Waals surface area contributed by atoms with Crippen LogP contribution in [0.2, 0.25) is 0 Å². The number of carbonyl (C=O) groups excluding carboxylic acids is 2. The van der Waals surface area contributed by atoms with Crippen LogP contribution in [0.3, 0.4) is 0 Å². The zero-order chi connectivity index (χ0) is 10.4. The third-order valence-electron chi connectivity index (χ3n) is 3.13. The molecule has 1 aromatic heterocycles. The summed E-state index contributed by atoms with van der Waals surface area (Å²) in [4.78, 5) is 29.1. The van der Waals surface area contributed by atoms with Gasteiger partial charge in [0.15, 0.2) is 0 Å². The van der Waals surface area contributed by atoms with Gasteiger partial charge < -0.3 is 4.90 Å². The van der Waals surface area contributed by atoms with Crippen molar-refractivity contribution in [1.29, 1.82) is 0 Å². The van der Waals surface area contributed by atoms with E-state index < -0.39 is 0 Å². The highest BCUT2D eigenvalue weighted by molar-refractivity contribution is 6.00. The predicted octanol–water partition coefficient (Wildman–Crippen LogP) is 0.941. The summed E-state index contributed by atoms with van der Waals surface area (Å²) < 4.78 is 0. The molecule has 1 fully saturated rings. The molecule has 0 aliphatic carbocycles. The summed E-state index contributed by atoms with van der Waals surface area (Å²) in [5, 5.41) is 0. The number of amides is 1. The van der Waals surface area contributed by atoms with Crippen LogP contribution in [-0.4, -0.2) is 28.1 Å². The molecule has 1 saturated heterocycles. The Balaban J connectivity index is 2.10. The Kier molecular flexibility index (Phi) is 1.65. The minimum absolute atomic E-state index is 0.0462. The van der Waals surface area contributed by atoms with Crippen molar-refractivity contribution in [2.24, 2.45) is 0 Å². The van der Waals surface area contributed by atoms with E-state index in [1.165, 1.54) is 0 Å². The topological polar surface area (TPSA) is 50.3 Å². The molecule has 0 saturated carbocycles. The predicted molar refractivity (Wildman–Crippen MR) is 52.3 cm³/mol. The number of nitrogens with zero attached hydrogens (tertiary/aromatic N) is 2. The molecular weight excluding hydrogens is 192 g/mol. The van der Waals surface area contributed by atoms with Gasteiger partial charge in [0.05, 0.1) is 6.04 Å². The first-order chi connectivity index (χ1) is 7.27. The second-order valence-corrected chi connectivity index (χ2v) is 3.97. The lowest BCUT2D eigenvalue weighted by atomic mass is 9.98. The van der Waals surface area contributed by atoms with Crippen LogP contribution in [0.15, 0.2) is 18.5 Å². The van der Waals surface area contributed by atoms with Crippen LogP contribution in [0.4, 0.5) is 0 Å². The van der Waals surface area contributed by atoms with Crippen molar-refractivity contribution in [3.8, 4) is 0 Å². The Morgan fingerprint density at radius 2 is 2.27 bits per heavy atom. The van der Waals surface area contributed by atoms with E-state index in [1.54, 1.807) is 23.4 Å². The molecule has 4 nitrogen and oxygen atoms in total. The van der Waals surface area contributed by atoms with Gasteiger partial charge in [0, 0.05) is 42.9 Å². The highest BCUT2D eigenvalue weighted by atomic mass is 16.2. The van der Waals surface area contributed by atoms with Crippen LogP contribution < -0.4 is 0 Å². The Bertz CT molecular complexity index is 456. The molecule has 0 N–H and O–H groups in total. The quantitative estimate of drug-likeness (QED) is 0.629. The van der Waals surface area contributed by atoms with E-state index in [0.29, 0.717) is 24.9 Å². The Morgan fingerprint density at radius 3 is 3.13 bits per heavy atom. The maximum Gasteiger partial charge on any atom is 0.254 e. The fraction of sp³-hybridized carbons (Fsp3) is 0.364. The zero-order valence-electron chi connectivity index (χ0n) is 8.14.